The summed E-state index contributed by atoms with van der Waals surface area (Å²) in [5.41, 5.74) is 2.16. The lowest BCUT2D eigenvalue weighted by Gasteiger charge is -2.24. The molecule has 3 nitrogen and oxygen atoms in total. The predicted octanol–water partition coefficient (Wildman–Crippen LogP) is 3.10. The van der Waals surface area contributed by atoms with E-state index in [1.54, 1.807) is 0 Å². The number of benzene rings is 1. The highest BCUT2D eigenvalue weighted by Gasteiger charge is 2.18. The average molecular weight is 271 g/mol. The number of hydrogen-bond donors (Lipinski definition) is 1. The van der Waals surface area contributed by atoms with Crippen LogP contribution in [-0.2, 0) is 11.2 Å². The van der Waals surface area contributed by atoms with E-state index in [0.29, 0.717) is 6.42 Å². The van der Waals surface area contributed by atoms with Crippen LogP contribution in [0.1, 0.15) is 31.2 Å². The first-order chi connectivity index (χ1) is 9.83. The van der Waals surface area contributed by atoms with Gasteiger partial charge in [0.25, 0.3) is 0 Å². The van der Waals surface area contributed by atoms with Crippen molar-refractivity contribution in [3.63, 3.8) is 0 Å². The standard InChI is InChI=1S/C17H21NO2/c19-14(12-15-5-3-4-10-20-15)11-13-8-9-18-17-7-2-1-6-16(13)17/h1-2,6-9,14-15,19H,3-5,10-12H2. The van der Waals surface area contributed by atoms with Crippen molar-refractivity contribution in [3.8, 4) is 0 Å². The van der Waals surface area contributed by atoms with Gasteiger partial charge < -0.3 is 9.84 Å². The molecule has 1 fully saturated rings. The second kappa shape index (κ2) is 6.33. The second-order valence-electron chi connectivity index (χ2n) is 5.57. The third-order valence-electron chi connectivity index (χ3n) is 4.00. The van der Waals surface area contributed by atoms with Crippen LogP contribution in [0.15, 0.2) is 36.5 Å². The van der Waals surface area contributed by atoms with Crippen molar-refractivity contribution >= 4 is 10.9 Å². The van der Waals surface area contributed by atoms with Gasteiger partial charge in [0.05, 0.1) is 17.7 Å². The molecule has 0 amide bonds. The SMILES string of the molecule is OC(Cc1ccnc2ccccc12)CC1CCCCO1. The number of ether oxygens (including phenoxy) is 1. The topological polar surface area (TPSA) is 42.4 Å². The van der Waals surface area contributed by atoms with E-state index >= 15 is 0 Å². The fraction of sp³-hybridized carbons (Fsp3) is 0.471. The molecular weight excluding hydrogens is 250 g/mol. The zero-order valence-corrected chi connectivity index (χ0v) is 11.7. The average Bonchev–Trinajstić information content (AvgIpc) is 2.48. The van der Waals surface area contributed by atoms with Gasteiger partial charge in [-0.2, -0.15) is 0 Å². The Morgan fingerprint density at radius 3 is 3.00 bits per heavy atom. The summed E-state index contributed by atoms with van der Waals surface area (Å²) in [5, 5.41) is 11.5. The van der Waals surface area contributed by atoms with Gasteiger partial charge in [-0.1, -0.05) is 18.2 Å². The fourth-order valence-corrected chi connectivity index (χ4v) is 2.97. The van der Waals surface area contributed by atoms with Crippen LogP contribution in [0.3, 0.4) is 0 Å². The molecule has 2 heterocycles. The van der Waals surface area contributed by atoms with E-state index in [9.17, 15) is 5.11 Å². The van der Waals surface area contributed by atoms with Crippen molar-refractivity contribution < 1.29 is 9.84 Å². The van der Waals surface area contributed by atoms with E-state index < -0.39 is 0 Å². The Balaban J connectivity index is 1.69. The molecule has 0 bridgehead atoms. The summed E-state index contributed by atoms with van der Waals surface area (Å²) in [5.74, 6) is 0. The highest BCUT2D eigenvalue weighted by atomic mass is 16.5. The van der Waals surface area contributed by atoms with Crippen LogP contribution < -0.4 is 0 Å². The first kappa shape index (κ1) is 13.5. The van der Waals surface area contributed by atoms with E-state index in [0.717, 1.165) is 36.8 Å². The summed E-state index contributed by atoms with van der Waals surface area (Å²) < 4.78 is 5.70. The molecule has 0 spiro atoms. The molecule has 2 unspecified atom stereocenters. The van der Waals surface area contributed by atoms with Crippen molar-refractivity contribution in [2.24, 2.45) is 0 Å². The molecule has 106 valence electrons. The van der Waals surface area contributed by atoms with Gasteiger partial charge in [-0.05, 0) is 49.8 Å². The van der Waals surface area contributed by atoms with E-state index in [-0.39, 0.29) is 12.2 Å². The number of hydrogen-bond acceptors (Lipinski definition) is 3. The molecule has 1 saturated heterocycles. The zero-order valence-electron chi connectivity index (χ0n) is 11.7. The summed E-state index contributed by atoms with van der Waals surface area (Å²) in [6.07, 6.45) is 6.56. The highest BCUT2D eigenvalue weighted by molar-refractivity contribution is 5.81. The lowest BCUT2D eigenvalue weighted by Crippen LogP contribution is -2.25. The minimum atomic E-state index is -0.344. The van der Waals surface area contributed by atoms with E-state index in [2.05, 4.69) is 11.1 Å². The maximum absolute atomic E-state index is 10.3. The number of rotatable bonds is 4. The molecule has 0 aliphatic carbocycles. The predicted molar refractivity (Wildman–Crippen MR) is 79.7 cm³/mol. The van der Waals surface area contributed by atoms with Gasteiger partial charge >= 0.3 is 0 Å². The van der Waals surface area contributed by atoms with Gasteiger partial charge in [0.2, 0.25) is 0 Å². The molecule has 1 aromatic carbocycles. The number of aromatic nitrogens is 1. The van der Waals surface area contributed by atoms with E-state index in [1.807, 2.05) is 30.5 Å². The highest BCUT2D eigenvalue weighted by Crippen LogP contribution is 2.21. The molecule has 1 aliphatic heterocycles. The van der Waals surface area contributed by atoms with Crippen molar-refractivity contribution in [1.29, 1.82) is 0 Å². The van der Waals surface area contributed by atoms with Gasteiger partial charge in [0.1, 0.15) is 0 Å². The third-order valence-corrected chi connectivity index (χ3v) is 4.00. The van der Waals surface area contributed by atoms with Crippen LogP contribution in [0.2, 0.25) is 0 Å². The quantitative estimate of drug-likeness (QED) is 0.929. The lowest BCUT2D eigenvalue weighted by atomic mass is 9.97. The summed E-state index contributed by atoms with van der Waals surface area (Å²) in [7, 11) is 0. The molecule has 3 heteroatoms. The first-order valence-corrected chi connectivity index (χ1v) is 7.45. The molecule has 3 rings (SSSR count). The summed E-state index contributed by atoms with van der Waals surface area (Å²) in [6, 6.07) is 10.1. The summed E-state index contributed by atoms with van der Waals surface area (Å²) >= 11 is 0. The number of aliphatic hydroxyl groups is 1. The van der Waals surface area contributed by atoms with Crippen LogP contribution >= 0.6 is 0 Å². The molecule has 0 radical (unpaired) electrons. The maximum Gasteiger partial charge on any atom is 0.0704 e. The van der Waals surface area contributed by atoms with Crippen molar-refractivity contribution in [1.82, 2.24) is 4.98 Å². The molecule has 1 N–H and O–H groups in total. The number of fused-ring (bicyclic) bond motifs is 1. The zero-order chi connectivity index (χ0) is 13.8. The second-order valence-corrected chi connectivity index (χ2v) is 5.57. The number of nitrogens with zero attached hydrogens (tertiary/aromatic N) is 1. The van der Waals surface area contributed by atoms with Crippen LogP contribution in [0.5, 0.6) is 0 Å². The van der Waals surface area contributed by atoms with Crippen molar-refractivity contribution in [2.75, 3.05) is 6.61 Å². The Bertz CT molecular complexity index is 558. The molecule has 2 aromatic rings. The Kier molecular flexibility index (Phi) is 4.28. The number of para-hydroxylation sites is 1. The summed E-state index contributed by atoms with van der Waals surface area (Å²) in [4.78, 5) is 4.36. The van der Waals surface area contributed by atoms with Gasteiger partial charge in [0, 0.05) is 18.2 Å². The molecule has 1 aromatic heterocycles. The van der Waals surface area contributed by atoms with Gasteiger partial charge in [-0.25, -0.2) is 0 Å². The Morgan fingerprint density at radius 1 is 1.25 bits per heavy atom. The number of pyridine rings is 1. The Hall–Kier alpha value is -1.45. The maximum atomic E-state index is 10.3. The normalized spacial score (nSPS) is 20.9. The lowest BCUT2D eigenvalue weighted by molar-refractivity contribution is -0.0147. The van der Waals surface area contributed by atoms with Crippen LogP contribution in [0.25, 0.3) is 10.9 Å². The number of aliphatic hydroxyl groups excluding tert-OH is 1. The Labute approximate surface area is 119 Å². The minimum Gasteiger partial charge on any atom is -0.393 e. The monoisotopic (exact) mass is 271 g/mol. The molecule has 20 heavy (non-hydrogen) atoms. The van der Waals surface area contributed by atoms with Crippen LogP contribution in [-0.4, -0.2) is 28.9 Å². The molecule has 0 saturated carbocycles. The molecular formula is C17H21NO2. The van der Waals surface area contributed by atoms with E-state index in [4.69, 9.17) is 4.74 Å². The van der Waals surface area contributed by atoms with Crippen LogP contribution in [0, 0.1) is 0 Å². The van der Waals surface area contributed by atoms with E-state index in [1.165, 1.54) is 12.0 Å². The third kappa shape index (κ3) is 3.17. The minimum absolute atomic E-state index is 0.229. The molecule has 2 atom stereocenters. The fourth-order valence-electron chi connectivity index (χ4n) is 2.97. The van der Waals surface area contributed by atoms with Crippen molar-refractivity contribution in [3.05, 3.63) is 42.1 Å². The Morgan fingerprint density at radius 2 is 2.15 bits per heavy atom. The van der Waals surface area contributed by atoms with Gasteiger partial charge in [-0.15, -0.1) is 0 Å². The largest absolute Gasteiger partial charge is 0.393 e. The first-order valence-electron chi connectivity index (χ1n) is 7.45. The van der Waals surface area contributed by atoms with Gasteiger partial charge in [0.15, 0.2) is 0 Å². The summed E-state index contributed by atoms with van der Waals surface area (Å²) in [6.45, 7) is 0.843. The molecule has 1 aliphatic rings. The van der Waals surface area contributed by atoms with Gasteiger partial charge in [-0.3, -0.25) is 4.98 Å². The van der Waals surface area contributed by atoms with Crippen molar-refractivity contribution in [2.45, 2.75) is 44.3 Å². The smallest absolute Gasteiger partial charge is 0.0704 e. The van der Waals surface area contributed by atoms with Crippen LogP contribution in [0.4, 0.5) is 0 Å².